The van der Waals surface area contributed by atoms with Gasteiger partial charge < -0.3 is 10.6 Å². The molecule has 19 heavy (non-hydrogen) atoms. The second-order valence-electron chi connectivity index (χ2n) is 5.75. The second-order valence-corrected chi connectivity index (χ2v) is 5.75. The molecule has 2 fully saturated rings. The van der Waals surface area contributed by atoms with Crippen LogP contribution in [0.4, 0.5) is 10.2 Å². The summed E-state index contributed by atoms with van der Waals surface area (Å²) >= 11 is 0. The lowest BCUT2D eigenvalue weighted by Crippen LogP contribution is -2.43. The Balaban J connectivity index is 1.69. The smallest absolute Gasteiger partial charge is 0.214 e. The first-order valence-electron chi connectivity index (χ1n) is 7.45. The molecular weight excluding hydrogens is 241 g/mol. The summed E-state index contributed by atoms with van der Waals surface area (Å²) in [5.41, 5.74) is 0. The zero-order chi connectivity index (χ0) is 13.1. The molecule has 0 radical (unpaired) electrons. The Bertz CT molecular complexity index is 418. The maximum Gasteiger partial charge on any atom is 0.214 e. The fraction of sp³-hybridized carbons (Fsp3) is 0.667. The summed E-state index contributed by atoms with van der Waals surface area (Å²) < 4.78 is 13.2. The van der Waals surface area contributed by atoms with Crippen molar-refractivity contribution in [3.05, 3.63) is 24.1 Å². The molecule has 0 spiro atoms. The third kappa shape index (κ3) is 3.06. The molecule has 1 saturated heterocycles. The van der Waals surface area contributed by atoms with E-state index in [0.717, 1.165) is 6.54 Å². The van der Waals surface area contributed by atoms with Crippen LogP contribution in [-0.4, -0.2) is 23.6 Å². The molecule has 3 nitrogen and oxygen atoms in total. The number of pyridine rings is 1. The molecule has 2 aliphatic rings. The van der Waals surface area contributed by atoms with E-state index < -0.39 is 5.95 Å². The summed E-state index contributed by atoms with van der Waals surface area (Å²) in [5, 5.41) is 7.08. The number of hydrogen-bond acceptors (Lipinski definition) is 3. The van der Waals surface area contributed by atoms with Gasteiger partial charge in [0, 0.05) is 12.1 Å². The lowest BCUT2D eigenvalue weighted by molar-refractivity contribution is 0.262. The van der Waals surface area contributed by atoms with Crippen molar-refractivity contribution in [3.63, 3.8) is 0 Å². The molecule has 0 bridgehead atoms. The van der Waals surface area contributed by atoms with E-state index in [1.807, 2.05) is 6.07 Å². The Kier molecular flexibility index (Phi) is 3.97. The van der Waals surface area contributed by atoms with Gasteiger partial charge in [0.1, 0.15) is 5.82 Å². The predicted molar refractivity (Wildman–Crippen MR) is 74.6 cm³/mol. The highest BCUT2D eigenvalue weighted by molar-refractivity contribution is 5.35. The fourth-order valence-corrected chi connectivity index (χ4v) is 3.58. The van der Waals surface area contributed by atoms with Crippen LogP contribution >= 0.6 is 0 Å². The molecule has 1 aliphatic heterocycles. The van der Waals surface area contributed by atoms with Crippen molar-refractivity contribution in [2.45, 2.75) is 50.6 Å². The van der Waals surface area contributed by atoms with Crippen molar-refractivity contribution in [1.82, 2.24) is 10.3 Å². The van der Waals surface area contributed by atoms with Gasteiger partial charge in [0.2, 0.25) is 5.95 Å². The van der Waals surface area contributed by atoms with Gasteiger partial charge in [-0.3, -0.25) is 0 Å². The van der Waals surface area contributed by atoms with Gasteiger partial charge in [-0.2, -0.15) is 4.39 Å². The number of nitrogens with zero attached hydrogens (tertiary/aromatic N) is 1. The lowest BCUT2D eigenvalue weighted by atomic mass is 9.79. The normalized spacial score (nSPS) is 31.3. The van der Waals surface area contributed by atoms with Gasteiger partial charge in [0.25, 0.3) is 0 Å². The van der Waals surface area contributed by atoms with Gasteiger partial charge >= 0.3 is 0 Å². The summed E-state index contributed by atoms with van der Waals surface area (Å²) in [5.74, 6) is 0.924. The molecule has 1 aromatic rings. The van der Waals surface area contributed by atoms with Crippen molar-refractivity contribution >= 4 is 5.82 Å². The van der Waals surface area contributed by atoms with Crippen LogP contribution in [0.25, 0.3) is 0 Å². The van der Waals surface area contributed by atoms with Crippen molar-refractivity contribution in [2.24, 2.45) is 5.92 Å². The average molecular weight is 263 g/mol. The second kappa shape index (κ2) is 5.87. The Hall–Kier alpha value is -1.16. The largest absolute Gasteiger partial charge is 0.367 e. The van der Waals surface area contributed by atoms with E-state index in [9.17, 15) is 4.39 Å². The fourth-order valence-electron chi connectivity index (χ4n) is 3.58. The molecule has 1 saturated carbocycles. The molecule has 0 aromatic carbocycles. The number of halogens is 1. The van der Waals surface area contributed by atoms with Crippen LogP contribution < -0.4 is 10.6 Å². The highest BCUT2D eigenvalue weighted by Gasteiger charge is 2.33. The van der Waals surface area contributed by atoms with Gasteiger partial charge in [0.15, 0.2) is 0 Å². The van der Waals surface area contributed by atoms with E-state index in [1.54, 1.807) is 6.07 Å². The maximum atomic E-state index is 13.2. The van der Waals surface area contributed by atoms with Crippen LogP contribution in [0, 0.1) is 11.9 Å². The first kappa shape index (κ1) is 12.9. The summed E-state index contributed by atoms with van der Waals surface area (Å²) in [6.07, 6.45) is 7.57. The number of hydrogen-bond donors (Lipinski definition) is 2. The Morgan fingerprint density at radius 2 is 2.05 bits per heavy atom. The highest BCUT2D eigenvalue weighted by atomic mass is 19.1. The van der Waals surface area contributed by atoms with E-state index >= 15 is 0 Å². The Morgan fingerprint density at radius 1 is 1.16 bits per heavy atom. The summed E-state index contributed by atoms with van der Waals surface area (Å²) in [6, 6.07) is 6.03. The predicted octanol–water partition coefficient (Wildman–Crippen LogP) is 2.94. The molecule has 0 amide bonds. The third-order valence-corrected chi connectivity index (χ3v) is 4.48. The van der Waals surface area contributed by atoms with E-state index in [4.69, 9.17) is 0 Å². The van der Waals surface area contributed by atoms with Crippen LogP contribution in [-0.2, 0) is 0 Å². The van der Waals surface area contributed by atoms with Crippen molar-refractivity contribution in [1.29, 1.82) is 0 Å². The van der Waals surface area contributed by atoms with E-state index in [1.165, 1.54) is 44.6 Å². The summed E-state index contributed by atoms with van der Waals surface area (Å²) in [4.78, 5) is 3.93. The summed E-state index contributed by atoms with van der Waals surface area (Å²) in [7, 11) is 0. The molecule has 2 N–H and O–H groups in total. The minimum absolute atomic E-state index is 0.406. The number of nitrogens with one attached hydrogen (secondary N) is 2. The van der Waals surface area contributed by atoms with Crippen molar-refractivity contribution < 1.29 is 4.39 Å². The average Bonchev–Trinajstić information content (AvgIpc) is 2.93. The minimum atomic E-state index is -0.406. The zero-order valence-electron chi connectivity index (χ0n) is 11.2. The first-order valence-corrected chi connectivity index (χ1v) is 7.45. The third-order valence-electron chi connectivity index (χ3n) is 4.48. The standard InChI is InChI=1S/C15H22FN3/c16-14-8-3-9-15(19-14)18-13-6-2-1-5-11(13)12-7-4-10-17-12/h3,8-9,11-13,17H,1-2,4-7,10H2,(H,18,19). The molecule has 1 aliphatic carbocycles. The van der Waals surface area contributed by atoms with Crippen LogP contribution in [0.15, 0.2) is 18.2 Å². The molecule has 4 heteroatoms. The van der Waals surface area contributed by atoms with E-state index in [-0.39, 0.29) is 0 Å². The Labute approximate surface area is 114 Å². The molecule has 104 valence electrons. The van der Waals surface area contributed by atoms with E-state index in [2.05, 4.69) is 15.6 Å². The first-order chi connectivity index (χ1) is 9.33. The topological polar surface area (TPSA) is 37.0 Å². The van der Waals surface area contributed by atoms with Crippen LogP contribution in [0.3, 0.4) is 0 Å². The molecule has 3 atom stereocenters. The van der Waals surface area contributed by atoms with Gasteiger partial charge in [-0.05, 0) is 50.3 Å². The molecule has 2 heterocycles. The monoisotopic (exact) mass is 263 g/mol. The zero-order valence-corrected chi connectivity index (χ0v) is 11.2. The quantitative estimate of drug-likeness (QED) is 0.823. The molecule has 1 aromatic heterocycles. The van der Waals surface area contributed by atoms with Gasteiger partial charge in [-0.25, -0.2) is 4.98 Å². The van der Waals surface area contributed by atoms with Crippen molar-refractivity contribution in [3.8, 4) is 0 Å². The highest BCUT2D eigenvalue weighted by Crippen LogP contribution is 2.32. The van der Waals surface area contributed by atoms with Crippen molar-refractivity contribution in [2.75, 3.05) is 11.9 Å². The van der Waals surface area contributed by atoms with Gasteiger partial charge in [0.05, 0.1) is 0 Å². The summed E-state index contributed by atoms with van der Waals surface area (Å²) in [6.45, 7) is 1.14. The van der Waals surface area contributed by atoms with Gasteiger partial charge in [-0.15, -0.1) is 0 Å². The minimum Gasteiger partial charge on any atom is -0.367 e. The van der Waals surface area contributed by atoms with Crippen LogP contribution in [0.5, 0.6) is 0 Å². The number of aromatic nitrogens is 1. The molecular formula is C15H22FN3. The van der Waals surface area contributed by atoms with Crippen LogP contribution in [0.2, 0.25) is 0 Å². The Morgan fingerprint density at radius 3 is 2.84 bits per heavy atom. The maximum absolute atomic E-state index is 13.2. The number of anilines is 1. The molecule has 3 rings (SSSR count). The van der Waals surface area contributed by atoms with E-state index in [0.29, 0.717) is 23.8 Å². The lowest BCUT2D eigenvalue weighted by Gasteiger charge is -2.36. The SMILES string of the molecule is Fc1cccc(NC2CCCCC2C2CCCN2)n1. The number of rotatable bonds is 3. The van der Waals surface area contributed by atoms with Gasteiger partial charge in [-0.1, -0.05) is 18.9 Å². The molecule has 3 unspecified atom stereocenters. The van der Waals surface area contributed by atoms with Crippen LogP contribution in [0.1, 0.15) is 38.5 Å².